The van der Waals surface area contributed by atoms with Crippen LogP contribution in [0.5, 0.6) is 0 Å². The summed E-state index contributed by atoms with van der Waals surface area (Å²) in [7, 11) is 1.89. The highest BCUT2D eigenvalue weighted by Crippen LogP contribution is 2.52. The monoisotopic (exact) mass is 223 g/mol. The quantitative estimate of drug-likeness (QED) is 0.616. The van der Waals surface area contributed by atoms with E-state index in [2.05, 4.69) is 36.4 Å². The molecule has 5 rings (SSSR count). The lowest BCUT2D eigenvalue weighted by Gasteiger charge is -2.38. The van der Waals surface area contributed by atoms with E-state index >= 15 is 0 Å². The van der Waals surface area contributed by atoms with E-state index in [1.807, 2.05) is 18.0 Å². The minimum absolute atomic E-state index is 0.214. The van der Waals surface area contributed by atoms with Crippen molar-refractivity contribution in [2.75, 3.05) is 13.6 Å². The van der Waals surface area contributed by atoms with Crippen LogP contribution in [0.2, 0.25) is 0 Å². The Morgan fingerprint density at radius 1 is 1.35 bits per heavy atom. The molecule has 3 aliphatic carbocycles. The second kappa shape index (κ2) is 2.70. The van der Waals surface area contributed by atoms with Gasteiger partial charge >= 0.3 is 0 Å². The third-order valence-electron chi connectivity index (χ3n) is 4.28. The summed E-state index contributed by atoms with van der Waals surface area (Å²) in [6.07, 6.45) is 6.55. The van der Waals surface area contributed by atoms with Gasteiger partial charge < -0.3 is 4.90 Å². The minimum atomic E-state index is -0.472. The van der Waals surface area contributed by atoms with Crippen molar-refractivity contribution in [1.29, 1.82) is 0 Å². The molecule has 2 bridgehead atoms. The summed E-state index contributed by atoms with van der Waals surface area (Å²) in [6, 6.07) is 8.34. The Labute approximate surface area is 100 Å². The van der Waals surface area contributed by atoms with E-state index in [1.54, 1.807) is 0 Å². The van der Waals surface area contributed by atoms with Crippen LogP contribution >= 0.6 is 0 Å². The highest BCUT2D eigenvalue weighted by Gasteiger charge is 2.53. The molecule has 0 N–H and O–H groups in total. The second-order valence-electron chi connectivity index (χ2n) is 5.13. The molecule has 4 aliphatic rings. The second-order valence-corrected chi connectivity index (χ2v) is 5.13. The van der Waals surface area contributed by atoms with Gasteiger partial charge in [0.2, 0.25) is 5.91 Å². The van der Waals surface area contributed by atoms with Crippen molar-refractivity contribution in [2.45, 2.75) is 11.3 Å². The summed E-state index contributed by atoms with van der Waals surface area (Å²) < 4.78 is 0. The largest absolute Gasteiger partial charge is 0.340 e. The molecule has 2 nitrogen and oxygen atoms in total. The lowest BCUT2D eigenvalue weighted by atomic mass is 9.63. The fourth-order valence-corrected chi connectivity index (χ4v) is 3.49. The van der Waals surface area contributed by atoms with E-state index in [0.717, 1.165) is 6.54 Å². The van der Waals surface area contributed by atoms with Gasteiger partial charge in [0.1, 0.15) is 5.41 Å². The van der Waals surface area contributed by atoms with Crippen LogP contribution in [0.15, 0.2) is 48.1 Å². The number of hydrogen-bond donors (Lipinski definition) is 0. The first-order chi connectivity index (χ1) is 8.23. The minimum Gasteiger partial charge on any atom is -0.340 e. The molecular weight excluding hydrogens is 210 g/mol. The number of carbonyl (C=O) groups is 1. The van der Waals surface area contributed by atoms with Gasteiger partial charge in [0, 0.05) is 19.5 Å². The Hall–Kier alpha value is -1.83. The summed E-state index contributed by atoms with van der Waals surface area (Å²) in [6.45, 7) is 0.772. The lowest BCUT2D eigenvalue weighted by molar-refractivity contribution is -0.129. The molecule has 1 amide bonds. The first-order valence-electron chi connectivity index (χ1n) is 5.99. The maximum absolute atomic E-state index is 12.5. The highest BCUT2D eigenvalue weighted by atomic mass is 16.2. The third kappa shape index (κ3) is 0.868. The average Bonchev–Trinajstić information content (AvgIpc) is 2.63. The molecule has 1 saturated heterocycles. The van der Waals surface area contributed by atoms with Crippen molar-refractivity contribution in [3.8, 4) is 0 Å². The maximum Gasteiger partial charge on any atom is 0.241 e. The molecule has 1 aliphatic heterocycles. The SMILES string of the molecule is CN1CC2=C[C@@H]3C=C[C@@]2(C1=O)c1ccccc13. The van der Waals surface area contributed by atoms with Crippen LogP contribution in [0.3, 0.4) is 0 Å². The molecule has 2 heteroatoms. The van der Waals surface area contributed by atoms with Crippen LogP contribution in [-0.4, -0.2) is 24.4 Å². The molecule has 1 heterocycles. The number of nitrogens with zero attached hydrogens (tertiary/aromatic N) is 1. The topological polar surface area (TPSA) is 20.3 Å². The lowest BCUT2D eigenvalue weighted by Crippen LogP contribution is -2.40. The average molecular weight is 223 g/mol. The molecule has 17 heavy (non-hydrogen) atoms. The van der Waals surface area contributed by atoms with Crippen LogP contribution in [0.1, 0.15) is 17.0 Å². The Bertz CT molecular complexity index is 599. The Morgan fingerprint density at radius 3 is 3.06 bits per heavy atom. The molecule has 84 valence electrons. The van der Waals surface area contributed by atoms with E-state index in [1.165, 1.54) is 16.7 Å². The summed E-state index contributed by atoms with van der Waals surface area (Å²) in [5.74, 6) is 0.577. The van der Waals surface area contributed by atoms with Gasteiger partial charge in [-0.05, 0) is 16.7 Å². The first-order valence-corrected chi connectivity index (χ1v) is 5.99. The van der Waals surface area contributed by atoms with E-state index in [9.17, 15) is 4.79 Å². The van der Waals surface area contributed by atoms with Gasteiger partial charge in [0.15, 0.2) is 0 Å². The Morgan fingerprint density at radius 2 is 2.18 bits per heavy atom. The molecule has 0 aromatic heterocycles. The standard InChI is InChI=1S/C15H13NO/c1-16-9-11-8-10-6-7-15(11,14(16)17)13-5-3-2-4-12(10)13/h2-8,10H,9H2,1H3/t10-,15-/m0/s1. The van der Waals surface area contributed by atoms with E-state index < -0.39 is 5.41 Å². The number of likely N-dealkylation sites (tertiary alicyclic amines) is 1. The number of carbonyl (C=O) groups excluding carboxylic acids is 1. The van der Waals surface area contributed by atoms with E-state index in [4.69, 9.17) is 0 Å². The smallest absolute Gasteiger partial charge is 0.241 e. The van der Waals surface area contributed by atoms with Gasteiger partial charge in [0.05, 0.1) is 0 Å². The van der Waals surface area contributed by atoms with Gasteiger partial charge in [-0.2, -0.15) is 0 Å². The van der Waals surface area contributed by atoms with Crippen molar-refractivity contribution in [3.63, 3.8) is 0 Å². The molecule has 1 aromatic rings. The zero-order valence-corrected chi connectivity index (χ0v) is 9.68. The van der Waals surface area contributed by atoms with Crippen LogP contribution in [-0.2, 0) is 10.2 Å². The normalized spacial score (nSPS) is 32.5. The number of rotatable bonds is 0. The summed E-state index contributed by atoms with van der Waals surface area (Å²) in [5, 5.41) is 0. The molecule has 0 unspecified atom stereocenters. The third-order valence-corrected chi connectivity index (χ3v) is 4.28. The molecule has 1 spiro atoms. The zero-order valence-electron chi connectivity index (χ0n) is 9.68. The number of allylic oxidation sites excluding steroid dienone is 2. The van der Waals surface area contributed by atoms with Gasteiger partial charge in [-0.15, -0.1) is 0 Å². The number of amides is 1. The van der Waals surface area contributed by atoms with Crippen LogP contribution in [0.25, 0.3) is 0 Å². The Kier molecular flexibility index (Phi) is 1.47. The van der Waals surface area contributed by atoms with Gasteiger partial charge in [0.25, 0.3) is 0 Å². The van der Waals surface area contributed by atoms with Crippen molar-refractivity contribution >= 4 is 5.91 Å². The van der Waals surface area contributed by atoms with Crippen molar-refractivity contribution in [3.05, 3.63) is 59.2 Å². The molecule has 0 saturated carbocycles. The molecule has 1 fully saturated rings. The fourth-order valence-electron chi connectivity index (χ4n) is 3.49. The predicted octanol–water partition coefficient (Wildman–Crippen LogP) is 1.99. The molecule has 2 atom stereocenters. The van der Waals surface area contributed by atoms with E-state index in [0.29, 0.717) is 5.92 Å². The van der Waals surface area contributed by atoms with Gasteiger partial charge in [-0.25, -0.2) is 0 Å². The summed E-state index contributed by atoms with van der Waals surface area (Å²) in [4.78, 5) is 14.3. The first kappa shape index (κ1) is 9.23. The van der Waals surface area contributed by atoms with Gasteiger partial charge in [-0.1, -0.05) is 42.5 Å². The zero-order chi connectivity index (χ0) is 11.6. The number of hydrogen-bond acceptors (Lipinski definition) is 1. The van der Waals surface area contributed by atoms with Crippen molar-refractivity contribution < 1.29 is 4.79 Å². The molecule has 0 radical (unpaired) electrons. The van der Waals surface area contributed by atoms with Crippen LogP contribution in [0.4, 0.5) is 0 Å². The van der Waals surface area contributed by atoms with Gasteiger partial charge in [-0.3, -0.25) is 4.79 Å². The predicted molar refractivity (Wildman–Crippen MR) is 65.7 cm³/mol. The number of benzene rings is 1. The summed E-state index contributed by atoms with van der Waals surface area (Å²) >= 11 is 0. The fraction of sp³-hybridized carbons (Fsp3) is 0.267. The van der Waals surface area contributed by atoms with Crippen molar-refractivity contribution in [1.82, 2.24) is 4.90 Å². The van der Waals surface area contributed by atoms with Crippen LogP contribution < -0.4 is 0 Å². The Balaban J connectivity index is 2.08. The highest BCUT2D eigenvalue weighted by molar-refractivity contribution is 5.99. The number of likely N-dealkylation sites (N-methyl/N-ethyl adjacent to an activating group) is 1. The molecular formula is C15H13NO. The molecule has 1 aromatic carbocycles. The van der Waals surface area contributed by atoms with E-state index in [-0.39, 0.29) is 5.91 Å². The van der Waals surface area contributed by atoms with Crippen LogP contribution in [0, 0.1) is 0 Å². The maximum atomic E-state index is 12.5. The summed E-state index contributed by atoms with van der Waals surface area (Å²) in [5.41, 5.74) is 3.28. The van der Waals surface area contributed by atoms with Crippen molar-refractivity contribution in [2.24, 2.45) is 0 Å².